The van der Waals surface area contributed by atoms with Gasteiger partial charge in [-0.1, -0.05) is 18.2 Å². The standard InChI is InChI=1S/C24H18N6OS2/c1-15-11-19(20-12-25-30(22(20)26-15)13-18-3-2-9-32-18)23(31)27-17-6-4-16(5-7-17)21-14-29-8-10-33-24(29)28-21/h2-12,14H,13H2,1H3,(H,27,31). The lowest BCUT2D eigenvalue weighted by Gasteiger charge is -2.08. The molecule has 9 heteroatoms. The molecule has 1 aromatic carbocycles. The molecule has 33 heavy (non-hydrogen) atoms. The Morgan fingerprint density at radius 3 is 2.76 bits per heavy atom. The summed E-state index contributed by atoms with van der Waals surface area (Å²) in [5.74, 6) is -0.184. The van der Waals surface area contributed by atoms with Gasteiger partial charge in [0.25, 0.3) is 5.91 Å². The fourth-order valence-corrected chi connectivity index (χ4v) is 5.20. The first-order valence-electron chi connectivity index (χ1n) is 10.3. The highest BCUT2D eigenvalue weighted by atomic mass is 32.1. The summed E-state index contributed by atoms with van der Waals surface area (Å²) in [6.45, 7) is 2.52. The summed E-state index contributed by atoms with van der Waals surface area (Å²) in [6.07, 6.45) is 5.71. The average molecular weight is 471 g/mol. The predicted octanol–water partition coefficient (Wildman–Crippen LogP) is 5.48. The van der Waals surface area contributed by atoms with Crippen molar-refractivity contribution < 1.29 is 4.79 Å². The zero-order valence-corrected chi connectivity index (χ0v) is 19.2. The number of hydrogen-bond donors (Lipinski definition) is 1. The third-order valence-corrected chi connectivity index (χ3v) is 7.03. The van der Waals surface area contributed by atoms with Gasteiger partial charge >= 0.3 is 0 Å². The van der Waals surface area contributed by atoms with Crippen LogP contribution in [0, 0.1) is 6.92 Å². The number of anilines is 1. The molecule has 0 saturated heterocycles. The molecule has 0 saturated carbocycles. The molecular weight excluding hydrogens is 452 g/mol. The van der Waals surface area contributed by atoms with Gasteiger partial charge in [0.1, 0.15) is 0 Å². The van der Waals surface area contributed by atoms with Gasteiger partial charge in [0.2, 0.25) is 0 Å². The molecule has 6 rings (SSSR count). The number of benzene rings is 1. The Labute approximate surface area is 197 Å². The van der Waals surface area contributed by atoms with Gasteiger partial charge in [0, 0.05) is 39.6 Å². The normalized spacial score (nSPS) is 11.4. The molecule has 0 aliphatic carbocycles. The lowest BCUT2D eigenvalue weighted by Crippen LogP contribution is -2.13. The summed E-state index contributed by atoms with van der Waals surface area (Å²) in [5.41, 5.74) is 4.68. The van der Waals surface area contributed by atoms with E-state index in [2.05, 4.69) is 26.4 Å². The maximum atomic E-state index is 13.2. The third-order valence-electron chi connectivity index (χ3n) is 5.40. The largest absolute Gasteiger partial charge is 0.322 e. The predicted molar refractivity (Wildman–Crippen MR) is 132 cm³/mol. The number of carbonyl (C=O) groups is 1. The fraction of sp³-hybridized carbons (Fsp3) is 0.0833. The van der Waals surface area contributed by atoms with Gasteiger partial charge in [0.05, 0.1) is 29.4 Å². The Bertz CT molecular complexity index is 1560. The van der Waals surface area contributed by atoms with E-state index >= 15 is 0 Å². The monoisotopic (exact) mass is 470 g/mol. The summed E-state index contributed by atoms with van der Waals surface area (Å²) in [6, 6.07) is 13.6. The Morgan fingerprint density at radius 1 is 1.09 bits per heavy atom. The lowest BCUT2D eigenvalue weighted by atomic mass is 10.1. The minimum Gasteiger partial charge on any atom is -0.322 e. The zero-order chi connectivity index (χ0) is 22.4. The van der Waals surface area contributed by atoms with Crippen LogP contribution < -0.4 is 5.32 Å². The van der Waals surface area contributed by atoms with Crippen LogP contribution in [0.5, 0.6) is 0 Å². The van der Waals surface area contributed by atoms with E-state index in [9.17, 15) is 4.79 Å². The first-order valence-corrected chi connectivity index (χ1v) is 12.1. The number of hydrogen-bond acceptors (Lipinski definition) is 6. The molecule has 6 aromatic rings. The van der Waals surface area contributed by atoms with Crippen LogP contribution in [0.25, 0.3) is 27.3 Å². The molecule has 0 aliphatic rings. The summed E-state index contributed by atoms with van der Waals surface area (Å²) >= 11 is 3.27. The molecule has 0 spiro atoms. The SMILES string of the molecule is Cc1cc(C(=O)Nc2ccc(-c3cn4ccsc4n3)cc2)c2cnn(Cc3cccs3)c2n1. The zero-order valence-electron chi connectivity index (χ0n) is 17.6. The second-order valence-electron chi connectivity index (χ2n) is 7.68. The Morgan fingerprint density at radius 2 is 1.97 bits per heavy atom. The number of rotatable bonds is 5. The first kappa shape index (κ1) is 19.8. The molecule has 7 nitrogen and oxygen atoms in total. The number of aromatic nitrogens is 5. The molecule has 0 fully saturated rings. The highest BCUT2D eigenvalue weighted by Crippen LogP contribution is 2.25. The van der Waals surface area contributed by atoms with Crippen LogP contribution in [0.15, 0.2) is 71.8 Å². The van der Waals surface area contributed by atoms with E-state index in [4.69, 9.17) is 0 Å². The molecule has 0 aliphatic heterocycles. The van der Waals surface area contributed by atoms with E-state index in [1.54, 1.807) is 34.9 Å². The van der Waals surface area contributed by atoms with Gasteiger partial charge in [-0.2, -0.15) is 5.10 Å². The van der Waals surface area contributed by atoms with E-state index < -0.39 is 0 Å². The van der Waals surface area contributed by atoms with Gasteiger partial charge in [-0.25, -0.2) is 14.6 Å². The third kappa shape index (κ3) is 3.71. The number of amides is 1. The van der Waals surface area contributed by atoms with Gasteiger partial charge in [-0.3, -0.25) is 9.20 Å². The van der Waals surface area contributed by atoms with Crippen molar-refractivity contribution in [2.75, 3.05) is 5.32 Å². The number of nitrogens with zero attached hydrogens (tertiary/aromatic N) is 5. The quantitative estimate of drug-likeness (QED) is 0.362. The molecule has 0 unspecified atom stereocenters. The molecule has 0 radical (unpaired) electrons. The fourth-order valence-electron chi connectivity index (χ4n) is 3.82. The van der Waals surface area contributed by atoms with Crippen LogP contribution in [0.1, 0.15) is 20.9 Å². The van der Waals surface area contributed by atoms with Gasteiger partial charge < -0.3 is 5.32 Å². The van der Waals surface area contributed by atoms with E-state index in [1.165, 1.54) is 4.88 Å². The van der Waals surface area contributed by atoms with Crippen LogP contribution >= 0.6 is 22.7 Å². The van der Waals surface area contributed by atoms with Crippen molar-refractivity contribution in [3.63, 3.8) is 0 Å². The molecule has 1 amide bonds. The topological polar surface area (TPSA) is 77.1 Å². The number of thiazole rings is 1. The highest BCUT2D eigenvalue weighted by Gasteiger charge is 2.17. The summed E-state index contributed by atoms with van der Waals surface area (Å²) in [7, 11) is 0. The van der Waals surface area contributed by atoms with Crippen LogP contribution in [0.3, 0.4) is 0 Å². The average Bonchev–Trinajstić information content (AvgIpc) is 3.59. The summed E-state index contributed by atoms with van der Waals surface area (Å²) in [4.78, 5) is 24.6. The number of aryl methyl sites for hydroxylation is 1. The second-order valence-corrected chi connectivity index (χ2v) is 9.59. The summed E-state index contributed by atoms with van der Waals surface area (Å²) < 4.78 is 3.85. The van der Waals surface area contributed by atoms with Crippen molar-refractivity contribution in [3.8, 4) is 11.3 Å². The number of imidazole rings is 1. The van der Waals surface area contributed by atoms with Crippen LogP contribution in [0.4, 0.5) is 5.69 Å². The molecule has 0 bridgehead atoms. The lowest BCUT2D eigenvalue weighted by molar-refractivity contribution is 0.102. The minimum absolute atomic E-state index is 0.184. The van der Waals surface area contributed by atoms with E-state index in [0.717, 1.165) is 33.0 Å². The van der Waals surface area contributed by atoms with Crippen LogP contribution in [0.2, 0.25) is 0 Å². The van der Waals surface area contributed by atoms with Gasteiger partial charge in [-0.15, -0.1) is 22.7 Å². The van der Waals surface area contributed by atoms with Crippen LogP contribution in [-0.4, -0.2) is 30.1 Å². The molecule has 162 valence electrons. The smallest absolute Gasteiger partial charge is 0.256 e. The molecule has 5 heterocycles. The Hall–Kier alpha value is -3.82. The maximum Gasteiger partial charge on any atom is 0.256 e. The Kier molecular flexibility index (Phi) is 4.78. The van der Waals surface area contributed by atoms with E-state index in [1.807, 2.05) is 69.5 Å². The van der Waals surface area contributed by atoms with Gasteiger partial charge in [-0.05, 0) is 36.6 Å². The first-order chi connectivity index (χ1) is 16.1. The molecule has 5 aromatic heterocycles. The maximum absolute atomic E-state index is 13.2. The number of fused-ring (bicyclic) bond motifs is 2. The minimum atomic E-state index is -0.184. The summed E-state index contributed by atoms with van der Waals surface area (Å²) in [5, 5.41) is 12.3. The van der Waals surface area contributed by atoms with Crippen molar-refractivity contribution >= 4 is 50.3 Å². The Balaban J connectivity index is 1.26. The number of pyridine rings is 1. The van der Waals surface area contributed by atoms with Gasteiger partial charge in [0.15, 0.2) is 10.6 Å². The van der Waals surface area contributed by atoms with Crippen molar-refractivity contribution in [2.45, 2.75) is 13.5 Å². The second kappa shape index (κ2) is 7.95. The van der Waals surface area contributed by atoms with E-state index in [-0.39, 0.29) is 5.91 Å². The number of carbonyl (C=O) groups excluding carboxylic acids is 1. The number of thiophene rings is 1. The van der Waals surface area contributed by atoms with Crippen LogP contribution in [-0.2, 0) is 6.54 Å². The van der Waals surface area contributed by atoms with E-state index in [0.29, 0.717) is 17.8 Å². The van der Waals surface area contributed by atoms with Crippen molar-refractivity contribution in [2.24, 2.45) is 0 Å². The van der Waals surface area contributed by atoms with Crippen molar-refractivity contribution in [3.05, 3.63) is 87.9 Å². The highest BCUT2D eigenvalue weighted by molar-refractivity contribution is 7.15. The molecular formula is C24H18N6OS2. The molecule has 1 N–H and O–H groups in total. The van der Waals surface area contributed by atoms with Crippen molar-refractivity contribution in [1.29, 1.82) is 0 Å². The molecule has 0 atom stereocenters. The number of nitrogens with one attached hydrogen (secondary N) is 1. The van der Waals surface area contributed by atoms with Crippen molar-refractivity contribution in [1.82, 2.24) is 24.1 Å².